The first-order chi connectivity index (χ1) is 15.5. The normalized spacial score (nSPS) is 14.5. The smallest absolute Gasteiger partial charge is 0.319 e. The van der Waals surface area contributed by atoms with Gasteiger partial charge in [-0.05, 0) is 49.7 Å². The summed E-state index contributed by atoms with van der Waals surface area (Å²) in [6, 6.07) is 9.08. The number of carbonyl (C=O) groups excluding carboxylic acids is 1. The van der Waals surface area contributed by atoms with Gasteiger partial charge in [0.15, 0.2) is 11.5 Å². The van der Waals surface area contributed by atoms with E-state index >= 15 is 0 Å². The molecule has 1 atom stereocenters. The highest BCUT2D eigenvalue weighted by Crippen LogP contribution is 2.40. The van der Waals surface area contributed by atoms with E-state index in [-0.39, 0.29) is 12.1 Å². The molecule has 1 aliphatic rings. The summed E-state index contributed by atoms with van der Waals surface area (Å²) in [5.41, 5.74) is 3.27. The second-order valence-electron chi connectivity index (χ2n) is 7.93. The standard InChI is InChI=1S/C24H30N4O3S/c1-5-18(26-24(29)25-16-8-9-19(30-3)20(14-16)31-4)22-17-10-13-27(2)15-21(17)32-23(22)28-11-6-7-12-28/h6-9,11-12,14,18H,5,10,13,15H2,1-4H3,(H2,25,26,29)/t18-/m1/s1. The van der Waals surface area contributed by atoms with E-state index in [0.717, 1.165) is 25.9 Å². The minimum absolute atomic E-state index is 0.0871. The molecule has 0 fully saturated rings. The van der Waals surface area contributed by atoms with Gasteiger partial charge in [0.25, 0.3) is 0 Å². The maximum Gasteiger partial charge on any atom is 0.319 e. The molecule has 0 saturated carbocycles. The minimum Gasteiger partial charge on any atom is -0.493 e. The highest BCUT2D eigenvalue weighted by Gasteiger charge is 2.28. The van der Waals surface area contributed by atoms with Gasteiger partial charge in [-0.1, -0.05) is 6.92 Å². The molecule has 4 rings (SSSR count). The van der Waals surface area contributed by atoms with Gasteiger partial charge < -0.3 is 29.6 Å². The number of benzene rings is 1. The molecule has 2 amide bonds. The van der Waals surface area contributed by atoms with E-state index in [0.29, 0.717) is 17.2 Å². The molecule has 0 radical (unpaired) electrons. The van der Waals surface area contributed by atoms with Gasteiger partial charge in [0.05, 0.1) is 20.3 Å². The van der Waals surface area contributed by atoms with Gasteiger partial charge in [-0.15, -0.1) is 11.3 Å². The molecule has 1 aromatic carbocycles. The summed E-state index contributed by atoms with van der Waals surface area (Å²) >= 11 is 1.83. The van der Waals surface area contributed by atoms with Crippen LogP contribution < -0.4 is 20.1 Å². The van der Waals surface area contributed by atoms with Crippen molar-refractivity contribution < 1.29 is 14.3 Å². The molecular formula is C24H30N4O3S. The van der Waals surface area contributed by atoms with Crippen LogP contribution in [-0.4, -0.2) is 43.3 Å². The molecule has 0 spiro atoms. The number of ether oxygens (including phenoxy) is 2. The summed E-state index contributed by atoms with van der Waals surface area (Å²) in [7, 11) is 5.32. The average Bonchev–Trinajstić information content (AvgIpc) is 3.45. The number of thiophene rings is 1. The lowest BCUT2D eigenvalue weighted by atomic mass is 9.96. The van der Waals surface area contributed by atoms with Crippen LogP contribution in [0.2, 0.25) is 0 Å². The molecule has 0 unspecified atom stereocenters. The van der Waals surface area contributed by atoms with Crippen molar-refractivity contribution in [3.63, 3.8) is 0 Å². The Bertz CT molecular complexity index is 1080. The number of carbonyl (C=O) groups is 1. The molecule has 8 heteroatoms. The molecular weight excluding hydrogens is 424 g/mol. The molecule has 2 N–H and O–H groups in total. The quantitative estimate of drug-likeness (QED) is 0.537. The number of nitrogens with one attached hydrogen (secondary N) is 2. The van der Waals surface area contributed by atoms with E-state index in [1.807, 2.05) is 23.5 Å². The number of rotatable bonds is 7. The fraction of sp³-hybridized carbons (Fsp3) is 0.375. The van der Waals surface area contributed by atoms with E-state index in [4.69, 9.17) is 9.47 Å². The second kappa shape index (κ2) is 9.67. The Balaban J connectivity index is 1.59. The number of hydrogen-bond donors (Lipinski definition) is 2. The third-order valence-corrected chi connectivity index (χ3v) is 7.06. The van der Waals surface area contributed by atoms with Crippen LogP contribution in [0.5, 0.6) is 11.5 Å². The first-order valence-electron chi connectivity index (χ1n) is 10.8. The lowest BCUT2D eigenvalue weighted by Gasteiger charge is -2.25. The van der Waals surface area contributed by atoms with Gasteiger partial charge >= 0.3 is 6.03 Å². The molecule has 170 valence electrons. The number of methoxy groups -OCH3 is 2. The average molecular weight is 455 g/mol. The molecule has 1 aliphatic heterocycles. The van der Waals surface area contributed by atoms with Crippen molar-refractivity contribution in [2.45, 2.75) is 32.4 Å². The molecule has 0 saturated heterocycles. The van der Waals surface area contributed by atoms with Gasteiger partial charge in [0, 0.05) is 47.7 Å². The predicted molar refractivity (Wildman–Crippen MR) is 128 cm³/mol. The number of urea groups is 1. The summed E-state index contributed by atoms with van der Waals surface area (Å²) in [6.07, 6.45) is 5.93. The highest BCUT2D eigenvalue weighted by molar-refractivity contribution is 7.15. The Morgan fingerprint density at radius 3 is 2.62 bits per heavy atom. The van der Waals surface area contributed by atoms with Crippen LogP contribution in [0.4, 0.5) is 10.5 Å². The van der Waals surface area contributed by atoms with Crippen molar-refractivity contribution in [2.75, 3.05) is 33.1 Å². The largest absolute Gasteiger partial charge is 0.493 e. The lowest BCUT2D eigenvalue weighted by Crippen LogP contribution is -2.34. The van der Waals surface area contributed by atoms with Crippen LogP contribution in [0.1, 0.15) is 35.4 Å². The van der Waals surface area contributed by atoms with E-state index in [1.165, 1.54) is 21.0 Å². The second-order valence-corrected chi connectivity index (χ2v) is 9.01. The van der Waals surface area contributed by atoms with Gasteiger partial charge in [-0.25, -0.2) is 4.79 Å². The molecule has 0 bridgehead atoms. The van der Waals surface area contributed by atoms with Gasteiger partial charge in [0.2, 0.25) is 0 Å². The first kappa shape index (κ1) is 22.2. The number of likely N-dealkylation sites (N-methyl/N-ethyl adjacent to an activating group) is 1. The Morgan fingerprint density at radius 2 is 1.94 bits per heavy atom. The topological polar surface area (TPSA) is 67.8 Å². The Hall–Kier alpha value is -2.97. The van der Waals surface area contributed by atoms with Gasteiger partial charge in [-0.2, -0.15) is 0 Å². The third kappa shape index (κ3) is 4.47. The van der Waals surface area contributed by atoms with Crippen molar-refractivity contribution >= 4 is 23.1 Å². The number of amides is 2. The third-order valence-electron chi connectivity index (χ3n) is 5.81. The van der Waals surface area contributed by atoms with E-state index in [1.54, 1.807) is 32.4 Å². The summed E-state index contributed by atoms with van der Waals surface area (Å²) < 4.78 is 12.8. The van der Waals surface area contributed by atoms with Crippen LogP contribution >= 0.6 is 11.3 Å². The fourth-order valence-electron chi connectivity index (χ4n) is 4.18. The molecule has 2 aromatic heterocycles. The van der Waals surface area contributed by atoms with Gasteiger partial charge in [-0.3, -0.25) is 0 Å². The van der Waals surface area contributed by atoms with Crippen LogP contribution in [0.3, 0.4) is 0 Å². The maximum absolute atomic E-state index is 12.9. The predicted octanol–water partition coefficient (Wildman–Crippen LogP) is 4.82. The lowest BCUT2D eigenvalue weighted by molar-refractivity contribution is 0.248. The monoisotopic (exact) mass is 454 g/mol. The zero-order chi connectivity index (χ0) is 22.7. The molecule has 32 heavy (non-hydrogen) atoms. The van der Waals surface area contributed by atoms with Crippen LogP contribution in [0.25, 0.3) is 5.00 Å². The summed E-state index contributed by atoms with van der Waals surface area (Å²) in [4.78, 5) is 16.7. The summed E-state index contributed by atoms with van der Waals surface area (Å²) in [5.74, 6) is 1.19. The number of anilines is 1. The molecule has 0 aliphatic carbocycles. The van der Waals surface area contributed by atoms with Crippen LogP contribution in [0.15, 0.2) is 42.7 Å². The SMILES string of the molecule is CC[C@@H](NC(=O)Nc1ccc(OC)c(OC)c1)c1c(-n2cccc2)sc2c1CCN(C)C2. The van der Waals surface area contributed by atoms with Crippen molar-refractivity contribution in [1.82, 2.24) is 14.8 Å². The summed E-state index contributed by atoms with van der Waals surface area (Å²) in [6.45, 7) is 4.08. The maximum atomic E-state index is 12.9. The number of hydrogen-bond acceptors (Lipinski definition) is 5. The summed E-state index contributed by atoms with van der Waals surface area (Å²) in [5, 5.41) is 7.33. The van der Waals surface area contributed by atoms with E-state index in [9.17, 15) is 4.79 Å². The molecule has 3 aromatic rings. The number of fused-ring (bicyclic) bond motifs is 1. The molecule has 7 nitrogen and oxygen atoms in total. The van der Waals surface area contributed by atoms with Crippen molar-refractivity contribution in [3.05, 3.63) is 58.7 Å². The van der Waals surface area contributed by atoms with E-state index < -0.39 is 0 Å². The number of nitrogens with zero attached hydrogens (tertiary/aromatic N) is 2. The molecule has 3 heterocycles. The fourth-order valence-corrected chi connectivity index (χ4v) is 5.64. The first-order valence-corrected chi connectivity index (χ1v) is 11.6. The number of aromatic nitrogens is 1. The van der Waals surface area contributed by atoms with Crippen LogP contribution in [0, 0.1) is 0 Å². The van der Waals surface area contributed by atoms with Crippen molar-refractivity contribution in [2.24, 2.45) is 0 Å². The Labute approximate surface area is 192 Å². The van der Waals surface area contributed by atoms with Gasteiger partial charge in [0.1, 0.15) is 5.00 Å². The minimum atomic E-state index is -0.240. The Morgan fingerprint density at radius 1 is 1.19 bits per heavy atom. The van der Waals surface area contributed by atoms with Crippen molar-refractivity contribution in [1.29, 1.82) is 0 Å². The van der Waals surface area contributed by atoms with E-state index in [2.05, 4.69) is 46.5 Å². The highest BCUT2D eigenvalue weighted by atomic mass is 32.1. The zero-order valence-corrected chi connectivity index (χ0v) is 19.8. The van der Waals surface area contributed by atoms with Crippen molar-refractivity contribution in [3.8, 4) is 16.5 Å². The van der Waals surface area contributed by atoms with Crippen LogP contribution in [-0.2, 0) is 13.0 Å². The zero-order valence-electron chi connectivity index (χ0n) is 19.0. The Kier molecular flexibility index (Phi) is 6.72.